The first kappa shape index (κ1) is 29.8. The Morgan fingerprint density at radius 3 is 2.51 bits per heavy atom. The van der Waals surface area contributed by atoms with E-state index in [9.17, 15) is 27.6 Å². The van der Waals surface area contributed by atoms with Crippen molar-refractivity contribution < 1.29 is 32.3 Å². The minimum absolute atomic E-state index is 0.0922. The Kier molecular flexibility index (Phi) is 8.96. The number of amides is 4. The van der Waals surface area contributed by atoms with Gasteiger partial charge in [-0.15, -0.1) is 0 Å². The number of nitrogens with one attached hydrogen (secondary N) is 3. The number of nitrogens with zero attached hydrogens (tertiary/aromatic N) is 1. The molecule has 0 bridgehead atoms. The van der Waals surface area contributed by atoms with E-state index in [2.05, 4.69) is 15.4 Å². The van der Waals surface area contributed by atoms with E-state index in [0.717, 1.165) is 57.8 Å². The molecule has 0 unspecified atom stereocenters. The third-order valence-corrected chi connectivity index (χ3v) is 11.2. The fourth-order valence-corrected chi connectivity index (χ4v) is 7.88. The van der Waals surface area contributed by atoms with Crippen LogP contribution in [0.15, 0.2) is 12.2 Å². The molecule has 2 heterocycles. The lowest BCUT2D eigenvalue weighted by atomic mass is 10.0. The van der Waals surface area contributed by atoms with E-state index in [1.54, 1.807) is 4.90 Å². The number of carbonyl (C=O) groups is 4. The number of rotatable bonds is 6. The molecule has 11 nitrogen and oxygen atoms in total. The van der Waals surface area contributed by atoms with Crippen molar-refractivity contribution in [2.75, 3.05) is 6.54 Å². The van der Waals surface area contributed by atoms with Crippen LogP contribution >= 0.6 is 0 Å². The number of allylic oxidation sites excluding steroid dienone is 1. The van der Waals surface area contributed by atoms with E-state index in [1.807, 2.05) is 19.1 Å². The van der Waals surface area contributed by atoms with Gasteiger partial charge in [-0.3, -0.25) is 19.1 Å². The largest absolute Gasteiger partial charge is 0.446 e. The molecule has 5 atom stereocenters. The van der Waals surface area contributed by atoms with E-state index in [-0.39, 0.29) is 23.8 Å². The highest BCUT2D eigenvalue weighted by Crippen LogP contribution is 2.46. The van der Waals surface area contributed by atoms with Gasteiger partial charge in [0.25, 0.3) is 5.91 Å². The maximum atomic E-state index is 13.9. The zero-order chi connectivity index (χ0) is 29.2. The topological polar surface area (TPSA) is 151 Å². The maximum absolute atomic E-state index is 13.9. The lowest BCUT2D eigenvalue weighted by Crippen LogP contribution is -2.58. The first-order chi connectivity index (χ1) is 19.6. The lowest BCUT2D eigenvalue weighted by Gasteiger charge is -2.30. The summed E-state index contributed by atoms with van der Waals surface area (Å²) in [7, 11) is -3.79. The lowest BCUT2D eigenvalue weighted by molar-refractivity contribution is -0.141. The Balaban J connectivity index is 1.36. The number of ether oxygens (including phenoxy) is 1. The van der Waals surface area contributed by atoms with Crippen molar-refractivity contribution in [1.82, 2.24) is 20.3 Å². The normalized spacial score (nSPS) is 33.1. The molecule has 4 fully saturated rings. The Morgan fingerprint density at radius 1 is 1.07 bits per heavy atom. The smallest absolute Gasteiger partial charge is 0.408 e. The molecule has 228 valence electrons. The summed E-state index contributed by atoms with van der Waals surface area (Å²) in [5, 5.41) is 5.13. The van der Waals surface area contributed by atoms with Gasteiger partial charge in [0, 0.05) is 12.5 Å². The molecule has 12 heteroatoms. The van der Waals surface area contributed by atoms with Gasteiger partial charge in [0.2, 0.25) is 21.8 Å². The Morgan fingerprint density at radius 2 is 1.80 bits per heavy atom. The average Bonchev–Trinajstić information content (AvgIpc) is 3.80. The third kappa shape index (κ3) is 6.89. The second-order valence-corrected chi connectivity index (χ2v) is 14.5. The summed E-state index contributed by atoms with van der Waals surface area (Å²) >= 11 is 0. The fourth-order valence-electron chi connectivity index (χ4n) is 6.52. The molecular formula is C29H44N4O7S. The van der Waals surface area contributed by atoms with Crippen molar-refractivity contribution in [3.8, 4) is 0 Å². The van der Waals surface area contributed by atoms with E-state index >= 15 is 0 Å². The van der Waals surface area contributed by atoms with Gasteiger partial charge in [0.1, 0.15) is 23.7 Å². The van der Waals surface area contributed by atoms with Crippen LogP contribution in [-0.2, 0) is 29.1 Å². The molecule has 2 aliphatic heterocycles. The van der Waals surface area contributed by atoms with Crippen molar-refractivity contribution in [1.29, 1.82) is 0 Å². The first-order valence-corrected chi connectivity index (χ1v) is 17.0. The highest BCUT2D eigenvalue weighted by molar-refractivity contribution is 7.91. The molecule has 41 heavy (non-hydrogen) atoms. The number of hydrogen-bond acceptors (Lipinski definition) is 7. The molecule has 0 spiro atoms. The molecular weight excluding hydrogens is 548 g/mol. The summed E-state index contributed by atoms with van der Waals surface area (Å²) in [4.78, 5) is 55.4. The van der Waals surface area contributed by atoms with Crippen LogP contribution in [0.5, 0.6) is 0 Å². The number of carbonyl (C=O) groups excluding carboxylic acids is 4. The minimum Gasteiger partial charge on any atom is -0.446 e. The van der Waals surface area contributed by atoms with Gasteiger partial charge in [-0.05, 0) is 76.5 Å². The van der Waals surface area contributed by atoms with E-state index in [4.69, 9.17) is 4.74 Å². The Labute approximate surface area is 242 Å². The van der Waals surface area contributed by atoms with Crippen LogP contribution < -0.4 is 15.4 Å². The highest BCUT2D eigenvalue weighted by Gasteiger charge is 2.62. The zero-order valence-corrected chi connectivity index (χ0v) is 24.8. The Bertz CT molecular complexity index is 1160. The summed E-state index contributed by atoms with van der Waals surface area (Å²) in [5.41, 5.74) is -1.36. The van der Waals surface area contributed by atoms with Crippen molar-refractivity contribution in [2.45, 2.75) is 126 Å². The molecule has 1 saturated heterocycles. The highest BCUT2D eigenvalue weighted by atomic mass is 32.2. The summed E-state index contributed by atoms with van der Waals surface area (Å²) in [6.07, 6.45) is 13.0. The monoisotopic (exact) mass is 592 g/mol. The van der Waals surface area contributed by atoms with Gasteiger partial charge in [-0.1, -0.05) is 38.3 Å². The van der Waals surface area contributed by atoms with Gasteiger partial charge < -0.3 is 20.3 Å². The average molecular weight is 593 g/mol. The van der Waals surface area contributed by atoms with Gasteiger partial charge >= 0.3 is 6.09 Å². The SMILES string of the molecule is CC[C@@H]1C[C@H]2C(=O)N[C@]3(C(=O)NS(=O)(=O)C4CC4)C[C@H]3C=CCCCCC[C@H](NC(=O)OC3CCCC3)C(=O)N2C1. The van der Waals surface area contributed by atoms with Crippen LogP contribution in [0.25, 0.3) is 0 Å². The van der Waals surface area contributed by atoms with Gasteiger partial charge in [0.15, 0.2) is 0 Å². The van der Waals surface area contributed by atoms with Crippen LogP contribution in [0.4, 0.5) is 4.79 Å². The summed E-state index contributed by atoms with van der Waals surface area (Å²) in [6.45, 7) is 2.38. The summed E-state index contributed by atoms with van der Waals surface area (Å²) in [5.74, 6) is -1.73. The van der Waals surface area contributed by atoms with Crippen LogP contribution in [0.2, 0.25) is 0 Å². The summed E-state index contributed by atoms with van der Waals surface area (Å²) in [6, 6.07) is -1.63. The molecule has 4 amide bonds. The van der Waals surface area contributed by atoms with Crippen LogP contribution in [0.3, 0.4) is 0 Å². The standard InChI is InChI=1S/C29H44N4O7S/c1-2-19-16-24-25(34)31-29(27(36)32-41(38,39)22-14-15-22)17-20(29)10-6-4-3-5-7-13-23(26(35)33(24)18-19)30-28(37)40-21-11-8-9-12-21/h6,10,19-24H,2-5,7-9,11-18H2,1H3,(H,30,37)(H,31,34)(H,32,36)/t19-,20-,23+,24+,29-/m1/s1. The minimum atomic E-state index is -3.79. The van der Waals surface area contributed by atoms with Crippen LogP contribution in [0.1, 0.15) is 96.8 Å². The van der Waals surface area contributed by atoms with Gasteiger partial charge in [0.05, 0.1) is 5.25 Å². The van der Waals surface area contributed by atoms with E-state index in [0.29, 0.717) is 38.6 Å². The second kappa shape index (κ2) is 12.3. The Hall–Kier alpha value is -2.63. The molecule has 5 rings (SSSR count). The number of sulfonamides is 1. The van der Waals surface area contributed by atoms with Crippen molar-refractivity contribution in [3.63, 3.8) is 0 Å². The summed E-state index contributed by atoms with van der Waals surface area (Å²) < 4.78 is 32.9. The molecule has 0 aromatic rings. The van der Waals surface area contributed by atoms with Crippen molar-refractivity contribution >= 4 is 33.8 Å². The van der Waals surface area contributed by atoms with Gasteiger partial charge in [-0.2, -0.15) is 0 Å². The molecule has 0 aromatic heterocycles. The van der Waals surface area contributed by atoms with E-state index < -0.39 is 50.8 Å². The predicted octanol–water partition coefficient (Wildman–Crippen LogP) is 2.65. The van der Waals surface area contributed by atoms with Crippen molar-refractivity contribution in [3.05, 3.63) is 12.2 Å². The second-order valence-electron chi connectivity index (χ2n) is 12.5. The number of hydrogen-bond donors (Lipinski definition) is 3. The first-order valence-electron chi connectivity index (χ1n) is 15.5. The predicted molar refractivity (Wildman–Crippen MR) is 151 cm³/mol. The molecule has 3 aliphatic carbocycles. The number of alkyl carbamates (subject to hydrolysis) is 1. The molecule has 3 N–H and O–H groups in total. The zero-order valence-electron chi connectivity index (χ0n) is 23.9. The maximum Gasteiger partial charge on any atom is 0.408 e. The third-order valence-electron chi connectivity index (χ3n) is 9.41. The van der Waals surface area contributed by atoms with Crippen molar-refractivity contribution in [2.24, 2.45) is 11.8 Å². The fraction of sp³-hybridized carbons (Fsp3) is 0.793. The van der Waals surface area contributed by atoms with Crippen LogP contribution in [0, 0.1) is 11.8 Å². The molecule has 0 radical (unpaired) electrons. The van der Waals surface area contributed by atoms with Crippen LogP contribution in [-0.4, -0.2) is 72.7 Å². The molecule has 5 aliphatic rings. The van der Waals surface area contributed by atoms with E-state index in [1.165, 1.54) is 0 Å². The van der Waals surface area contributed by atoms with Gasteiger partial charge in [-0.25, -0.2) is 13.2 Å². The number of fused-ring (bicyclic) bond motifs is 2. The molecule has 3 saturated carbocycles. The molecule has 0 aromatic carbocycles. The quantitative estimate of drug-likeness (QED) is 0.401.